The Morgan fingerprint density at radius 1 is 1.00 bits per heavy atom. The van der Waals surface area contributed by atoms with Crippen LogP contribution in [0.5, 0.6) is 6.01 Å². The Morgan fingerprint density at radius 2 is 1.83 bits per heavy atom. The molecule has 1 aromatic carbocycles. The summed E-state index contributed by atoms with van der Waals surface area (Å²) >= 11 is 0. The summed E-state index contributed by atoms with van der Waals surface area (Å²) < 4.78 is 7.12. The third kappa shape index (κ3) is 5.12. The van der Waals surface area contributed by atoms with Gasteiger partial charge in [0.2, 0.25) is 0 Å². The molecule has 3 N–H and O–H groups in total. The highest BCUT2D eigenvalue weighted by Gasteiger charge is 2.15. The second kappa shape index (κ2) is 10.1. The molecule has 10 nitrogen and oxygen atoms in total. The Kier molecular flexibility index (Phi) is 6.35. The van der Waals surface area contributed by atoms with Gasteiger partial charge < -0.3 is 15.8 Å². The monoisotopic (exact) mass is 466 g/mol. The third-order valence-electron chi connectivity index (χ3n) is 5.23. The zero-order valence-electron chi connectivity index (χ0n) is 18.7. The molecule has 5 aromatic rings. The normalized spacial score (nSPS) is 11.8. The predicted molar refractivity (Wildman–Crippen MR) is 129 cm³/mol. The molecule has 0 fully saturated rings. The summed E-state index contributed by atoms with van der Waals surface area (Å²) in [5.41, 5.74) is 10.3. The topological polar surface area (TPSA) is 133 Å². The molecule has 5 rings (SSSR count). The van der Waals surface area contributed by atoms with Crippen molar-refractivity contribution in [2.45, 2.75) is 6.04 Å². The molecule has 0 aliphatic heterocycles. The molecule has 0 aliphatic rings. The van der Waals surface area contributed by atoms with Crippen LogP contribution in [0, 0.1) is 0 Å². The number of nitrogens with zero attached hydrogens (tertiary/aromatic N) is 6. The van der Waals surface area contributed by atoms with Crippen molar-refractivity contribution in [1.82, 2.24) is 34.9 Å². The van der Waals surface area contributed by atoms with E-state index in [0.29, 0.717) is 16.9 Å². The Bertz CT molecular complexity index is 1440. The maximum atomic E-state index is 12.8. The van der Waals surface area contributed by atoms with Gasteiger partial charge >= 0.3 is 6.01 Å². The van der Waals surface area contributed by atoms with E-state index in [1.165, 1.54) is 0 Å². The van der Waals surface area contributed by atoms with Gasteiger partial charge in [-0.1, -0.05) is 30.3 Å². The summed E-state index contributed by atoms with van der Waals surface area (Å²) in [6.45, 7) is 0.395. The van der Waals surface area contributed by atoms with Gasteiger partial charge in [-0.25, -0.2) is 19.5 Å². The van der Waals surface area contributed by atoms with Crippen LogP contribution >= 0.6 is 0 Å². The summed E-state index contributed by atoms with van der Waals surface area (Å²) in [5, 5.41) is 7.21. The van der Waals surface area contributed by atoms with E-state index in [4.69, 9.17) is 15.5 Å². The molecule has 35 heavy (non-hydrogen) atoms. The summed E-state index contributed by atoms with van der Waals surface area (Å²) in [6.07, 6.45) is 8.30. The summed E-state index contributed by atoms with van der Waals surface area (Å²) in [6, 6.07) is 16.7. The smallest absolute Gasteiger partial charge is 0.316 e. The van der Waals surface area contributed by atoms with Gasteiger partial charge in [0.15, 0.2) is 5.65 Å². The molecule has 0 radical (unpaired) electrons. The number of amides is 1. The van der Waals surface area contributed by atoms with Gasteiger partial charge in [-0.15, -0.1) is 0 Å². The number of ether oxygens (including phenoxy) is 1. The van der Waals surface area contributed by atoms with Crippen molar-refractivity contribution in [3.05, 3.63) is 91.1 Å². The van der Waals surface area contributed by atoms with Gasteiger partial charge in [-0.2, -0.15) is 5.10 Å². The fourth-order valence-corrected chi connectivity index (χ4v) is 3.46. The van der Waals surface area contributed by atoms with Crippen LogP contribution in [0.3, 0.4) is 0 Å². The van der Waals surface area contributed by atoms with Crippen molar-refractivity contribution in [2.24, 2.45) is 5.73 Å². The van der Waals surface area contributed by atoms with E-state index < -0.39 is 6.04 Å². The molecule has 0 saturated heterocycles. The average molecular weight is 467 g/mol. The Balaban J connectivity index is 1.29. The molecule has 1 unspecified atom stereocenters. The van der Waals surface area contributed by atoms with E-state index in [9.17, 15) is 4.79 Å². The van der Waals surface area contributed by atoms with E-state index in [1.54, 1.807) is 47.5 Å². The fraction of sp³-hybridized carbons (Fsp3) is 0.120. The predicted octanol–water partition coefficient (Wildman–Crippen LogP) is 2.38. The Labute approximate surface area is 200 Å². The van der Waals surface area contributed by atoms with Gasteiger partial charge in [0.05, 0.1) is 29.2 Å². The van der Waals surface area contributed by atoms with Crippen LogP contribution in [0.4, 0.5) is 0 Å². The highest BCUT2D eigenvalue weighted by molar-refractivity contribution is 5.95. The molecule has 1 atom stereocenters. The number of carbonyl (C=O) groups is 1. The lowest BCUT2D eigenvalue weighted by atomic mass is 10.1. The lowest BCUT2D eigenvalue weighted by molar-refractivity contribution is 0.0948. The van der Waals surface area contributed by atoms with Crippen molar-refractivity contribution in [3.63, 3.8) is 0 Å². The first-order chi connectivity index (χ1) is 17.2. The SMILES string of the molecule is NC(CNC(=O)c1ccnc(-c2cnn3ccc(-c4ccccc4)nc23)c1)COc1ncccn1. The lowest BCUT2D eigenvalue weighted by Gasteiger charge is -2.13. The number of rotatable bonds is 8. The van der Waals surface area contributed by atoms with E-state index in [-0.39, 0.29) is 25.1 Å². The van der Waals surface area contributed by atoms with Crippen LogP contribution in [0.25, 0.3) is 28.2 Å². The minimum absolute atomic E-state index is 0.170. The van der Waals surface area contributed by atoms with E-state index in [0.717, 1.165) is 16.8 Å². The first-order valence-electron chi connectivity index (χ1n) is 11.0. The Morgan fingerprint density at radius 3 is 2.66 bits per heavy atom. The van der Waals surface area contributed by atoms with Gasteiger partial charge in [-0.3, -0.25) is 9.78 Å². The molecule has 10 heteroatoms. The maximum Gasteiger partial charge on any atom is 0.316 e. The van der Waals surface area contributed by atoms with E-state index in [2.05, 4.69) is 25.4 Å². The summed E-state index contributed by atoms with van der Waals surface area (Å²) in [4.78, 5) is 29.9. The first-order valence-corrected chi connectivity index (χ1v) is 11.0. The summed E-state index contributed by atoms with van der Waals surface area (Å²) in [7, 11) is 0. The highest BCUT2D eigenvalue weighted by atomic mass is 16.5. The molecule has 0 aliphatic carbocycles. The second-order valence-corrected chi connectivity index (χ2v) is 7.75. The van der Waals surface area contributed by atoms with Crippen LogP contribution < -0.4 is 15.8 Å². The maximum absolute atomic E-state index is 12.8. The van der Waals surface area contributed by atoms with Gasteiger partial charge in [0.1, 0.15) is 6.61 Å². The van der Waals surface area contributed by atoms with Crippen molar-refractivity contribution in [3.8, 4) is 28.5 Å². The number of nitrogens with two attached hydrogens (primary N) is 1. The van der Waals surface area contributed by atoms with Crippen LogP contribution in [-0.2, 0) is 0 Å². The molecular weight excluding hydrogens is 444 g/mol. The van der Waals surface area contributed by atoms with Crippen LogP contribution in [0.15, 0.2) is 85.6 Å². The molecule has 0 saturated carbocycles. The zero-order valence-corrected chi connectivity index (χ0v) is 18.7. The number of pyridine rings is 1. The van der Waals surface area contributed by atoms with Crippen molar-refractivity contribution < 1.29 is 9.53 Å². The second-order valence-electron chi connectivity index (χ2n) is 7.75. The standard InChI is InChI=1S/C25H22N8O2/c26-19(16-35-25-28-9-4-10-29-25)14-30-24(34)18-7-11-27-22(13-18)20-15-31-33-12-8-21(32-23(20)33)17-5-2-1-3-6-17/h1-13,15,19H,14,16,26H2,(H,30,34). The third-order valence-corrected chi connectivity index (χ3v) is 5.23. The van der Waals surface area contributed by atoms with E-state index >= 15 is 0 Å². The van der Waals surface area contributed by atoms with Gasteiger partial charge in [0, 0.05) is 42.5 Å². The van der Waals surface area contributed by atoms with Crippen molar-refractivity contribution in [2.75, 3.05) is 13.2 Å². The van der Waals surface area contributed by atoms with Crippen LogP contribution in [-0.4, -0.2) is 54.7 Å². The number of carbonyl (C=O) groups excluding carboxylic acids is 1. The number of nitrogens with one attached hydrogen (secondary N) is 1. The van der Waals surface area contributed by atoms with Gasteiger partial charge in [0.25, 0.3) is 5.91 Å². The molecular formula is C25H22N8O2. The summed E-state index contributed by atoms with van der Waals surface area (Å²) in [5.74, 6) is -0.269. The molecule has 0 bridgehead atoms. The number of benzene rings is 1. The minimum Gasteiger partial charge on any atom is -0.462 e. The molecule has 1 amide bonds. The molecule has 174 valence electrons. The number of hydrogen-bond acceptors (Lipinski definition) is 8. The van der Waals surface area contributed by atoms with Crippen LogP contribution in [0.1, 0.15) is 10.4 Å². The van der Waals surface area contributed by atoms with Crippen molar-refractivity contribution in [1.29, 1.82) is 0 Å². The zero-order chi connectivity index (χ0) is 24.0. The molecule has 4 aromatic heterocycles. The van der Waals surface area contributed by atoms with Gasteiger partial charge in [-0.05, 0) is 24.3 Å². The number of hydrogen-bond donors (Lipinski definition) is 2. The number of fused-ring (bicyclic) bond motifs is 1. The fourth-order valence-electron chi connectivity index (χ4n) is 3.46. The minimum atomic E-state index is -0.427. The van der Waals surface area contributed by atoms with Crippen molar-refractivity contribution >= 4 is 11.6 Å². The lowest BCUT2D eigenvalue weighted by Crippen LogP contribution is -2.41. The highest BCUT2D eigenvalue weighted by Crippen LogP contribution is 2.25. The van der Waals surface area contributed by atoms with Crippen LogP contribution in [0.2, 0.25) is 0 Å². The number of aromatic nitrogens is 6. The van der Waals surface area contributed by atoms with E-state index in [1.807, 2.05) is 42.6 Å². The average Bonchev–Trinajstić information content (AvgIpc) is 3.35. The molecule has 4 heterocycles. The first kappa shape index (κ1) is 22.1. The largest absolute Gasteiger partial charge is 0.462 e. The molecule has 0 spiro atoms. The quantitative estimate of drug-likeness (QED) is 0.356. The Hall–Kier alpha value is -4.70.